The molecule has 2 heterocycles. The number of fused-ring (bicyclic) bond motifs is 2. The number of nitrogens with zero attached hydrogens (tertiary/aromatic N) is 3. The highest BCUT2D eigenvalue weighted by Crippen LogP contribution is 2.38. The minimum Gasteiger partial charge on any atom is -0.497 e. The highest BCUT2D eigenvalue weighted by molar-refractivity contribution is 9.10. The molecular weight excluding hydrogens is 777 g/mol. The van der Waals surface area contributed by atoms with E-state index in [-0.39, 0.29) is 31.2 Å². The average Bonchev–Trinajstić information content (AvgIpc) is 3.75. The van der Waals surface area contributed by atoms with E-state index in [1.807, 2.05) is 25.5 Å². The van der Waals surface area contributed by atoms with Gasteiger partial charge in [-0.15, -0.1) is 0 Å². The molecule has 0 saturated heterocycles. The largest absolute Gasteiger partial charge is 0.497 e. The highest BCUT2D eigenvalue weighted by Gasteiger charge is 2.30. The molecule has 0 unspecified atom stereocenters. The predicted octanol–water partition coefficient (Wildman–Crippen LogP) is 9.88. The Hall–Kier alpha value is -5.04. The fourth-order valence-electron chi connectivity index (χ4n) is 7.20. The highest BCUT2D eigenvalue weighted by atomic mass is 79.9. The molecule has 0 atom stereocenters. The molecule has 1 saturated carbocycles. The number of hydrogen-bond acceptors (Lipinski definition) is 6. The van der Waals surface area contributed by atoms with Gasteiger partial charge >= 0.3 is 6.09 Å². The summed E-state index contributed by atoms with van der Waals surface area (Å²) in [5, 5.41) is 8.64. The second-order valence-electron chi connectivity index (χ2n) is 15.2. The van der Waals surface area contributed by atoms with Crippen molar-refractivity contribution in [3.8, 4) is 22.6 Å². The van der Waals surface area contributed by atoms with Gasteiger partial charge in [-0.3, -0.25) is 14.4 Å². The van der Waals surface area contributed by atoms with E-state index in [0.717, 1.165) is 63.4 Å². The van der Waals surface area contributed by atoms with Crippen molar-refractivity contribution >= 4 is 38.8 Å². The number of amides is 2. The lowest BCUT2D eigenvalue weighted by atomic mass is 9.86. The molecule has 1 aliphatic carbocycles. The van der Waals surface area contributed by atoms with E-state index in [4.69, 9.17) is 19.3 Å². The maximum Gasteiger partial charge on any atom is 0.410 e. The summed E-state index contributed by atoms with van der Waals surface area (Å²) >= 11 is 3.77. The van der Waals surface area contributed by atoms with E-state index in [2.05, 4.69) is 57.6 Å². The molecule has 1 fully saturated rings. The summed E-state index contributed by atoms with van der Waals surface area (Å²) in [4.78, 5) is 27.3. The number of aromatic nitrogens is 2. The Morgan fingerprint density at radius 2 is 1.58 bits per heavy atom. The smallest absolute Gasteiger partial charge is 0.410 e. The molecule has 0 radical (unpaired) electrons. The molecule has 2 amide bonds. The summed E-state index contributed by atoms with van der Waals surface area (Å²) < 4.78 is 63.5. The SMILES string of the molecule is COc1ccc(COc2c(F)cc(C(=O)NCC3CCC(n4nc5cc(-c6ccc7c(c6)CN(C(=O)OC(C)(C)C)C7)ccc5c4Br)CC3)c(F)c2F)cc1. The molecule has 1 aliphatic heterocycles. The molecule has 1 aromatic heterocycles. The summed E-state index contributed by atoms with van der Waals surface area (Å²) in [6.07, 6.45) is 2.84. The first-order valence-electron chi connectivity index (χ1n) is 18.3. The molecule has 0 bridgehead atoms. The van der Waals surface area contributed by atoms with Crippen molar-refractivity contribution in [1.82, 2.24) is 20.0 Å². The van der Waals surface area contributed by atoms with Gasteiger partial charge in [0.05, 0.1) is 24.2 Å². The standard InChI is InChI=1S/C42H42BrF3N4O5/c1-42(2,3)55-41(52)49-21-28-10-9-26(17-29(28)22-49)27-11-16-32-35(18-27)48-50(39(32)43)30-12-5-24(6-13-30)20-47-40(51)33-19-34(44)38(37(46)36(33)45)54-23-25-7-14-31(53-4)15-8-25/h7-11,14-19,24,30H,5-6,12-13,20-23H2,1-4H3,(H,47,51). The van der Waals surface area contributed by atoms with Crippen LogP contribution in [0, 0.1) is 23.4 Å². The first-order chi connectivity index (χ1) is 26.3. The van der Waals surface area contributed by atoms with Crippen LogP contribution in [0.15, 0.2) is 71.3 Å². The third kappa shape index (κ3) is 8.31. The normalized spacial score (nSPS) is 16.9. The van der Waals surface area contributed by atoms with E-state index >= 15 is 0 Å². The van der Waals surface area contributed by atoms with E-state index in [1.165, 1.54) is 7.11 Å². The first kappa shape index (κ1) is 38.2. The maximum absolute atomic E-state index is 15.0. The number of methoxy groups -OCH3 is 1. The lowest BCUT2D eigenvalue weighted by Gasteiger charge is -2.29. The van der Waals surface area contributed by atoms with Crippen molar-refractivity contribution in [2.24, 2.45) is 5.92 Å². The monoisotopic (exact) mass is 818 g/mol. The molecule has 5 aromatic rings. The summed E-state index contributed by atoms with van der Waals surface area (Å²) in [5.74, 6) is -5.25. The first-order valence-corrected chi connectivity index (χ1v) is 19.1. The summed E-state index contributed by atoms with van der Waals surface area (Å²) in [7, 11) is 1.52. The van der Waals surface area contributed by atoms with Gasteiger partial charge in [0.15, 0.2) is 17.4 Å². The van der Waals surface area contributed by atoms with Gasteiger partial charge in [-0.1, -0.05) is 30.3 Å². The second kappa shape index (κ2) is 15.6. The van der Waals surface area contributed by atoms with Crippen LogP contribution in [0.4, 0.5) is 18.0 Å². The van der Waals surface area contributed by atoms with Crippen LogP contribution >= 0.6 is 15.9 Å². The fourth-order valence-corrected chi connectivity index (χ4v) is 7.91. The zero-order valence-corrected chi connectivity index (χ0v) is 32.6. The van der Waals surface area contributed by atoms with E-state index in [1.54, 1.807) is 29.2 Å². The molecule has 2 aliphatic rings. The topological polar surface area (TPSA) is 94.9 Å². The molecule has 1 N–H and O–H groups in total. The summed E-state index contributed by atoms with van der Waals surface area (Å²) in [5.41, 5.74) is 4.45. The van der Waals surface area contributed by atoms with Crippen LogP contribution in [0.2, 0.25) is 0 Å². The summed E-state index contributed by atoms with van der Waals surface area (Å²) in [6.45, 7) is 6.64. The Labute approximate surface area is 325 Å². The van der Waals surface area contributed by atoms with Crippen molar-refractivity contribution in [1.29, 1.82) is 0 Å². The van der Waals surface area contributed by atoms with Crippen molar-refractivity contribution in [2.75, 3.05) is 13.7 Å². The van der Waals surface area contributed by atoms with Crippen LogP contribution in [-0.2, 0) is 24.4 Å². The van der Waals surface area contributed by atoms with Gasteiger partial charge in [0.25, 0.3) is 5.91 Å². The van der Waals surface area contributed by atoms with Crippen molar-refractivity contribution in [3.05, 3.63) is 111 Å². The molecule has 4 aromatic carbocycles. The van der Waals surface area contributed by atoms with Gasteiger partial charge in [0.2, 0.25) is 5.82 Å². The zero-order valence-electron chi connectivity index (χ0n) is 31.1. The van der Waals surface area contributed by atoms with Gasteiger partial charge in [0.1, 0.15) is 22.6 Å². The van der Waals surface area contributed by atoms with Crippen LogP contribution in [0.5, 0.6) is 11.5 Å². The van der Waals surface area contributed by atoms with E-state index < -0.39 is 40.3 Å². The van der Waals surface area contributed by atoms with Crippen LogP contribution in [0.1, 0.15) is 79.5 Å². The number of halogens is 4. The van der Waals surface area contributed by atoms with Crippen molar-refractivity contribution in [3.63, 3.8) is 0 Å². The molecule has 9 nitrogen and oxygen atoms in total. The number of nitrogens with one attached hydrogen (secondary N) is 1. The van der Waals surface area contributed by atoms with Crippen molar-refractivity contribution in [2.45, 2.75) is 77.8 Å². The second-order valence-corrected chi connectivity index (χ2v) is 15.9. The Balaban J connectivity index is 0.943. The number of rotatable bonds is 9. The molecule has 7 rings (SSSR count). The third-order valence-electron chi connectivity index (χ3n) is 10.2. The number of benzene rings is 4. The van der Waals surface area contributed by atoms with Crippen LogP contribution in [0.3, 0.4) is 0 Å². The van der Waals surface area contributed by atoms with Gasteiger partial charge < -0.3 is 19.5 Å². The lowest BCUT2D eigenvalue weighted by molar-refractivity contribution is 0.0241. The minimum atomic E-state index is -1.55. The Bertz CT molecular complexity index is 2250. The van der Waals surface area contributed by atoms with Crippen LogP contribution < -0.4 is 14.8 Å². The molecule has 13 heteroatoms. The van der Waals surface area contributed by atoms with Gasteiger partial charge in [0, 0.05) is 25.0 Å². The quantitative estimate of drug-likeness (QED) is 0.149. The molecular formula is C42H42BrF3N4O5. The predicted molar refractivity (Wildman–Crippen MR) is 205 cm³/mol. The molecule has 0 spiro atoms. The fraction of sp³-hybridized carbons (Fsp3) is 0.357. The average molecular weight is 820 g/mol. The molecule has 55 heavy (non-hydrogen) atoms. The van der Waals surface area contributed by atoms with Crippen LogP contribution in [0.25, 0.3) is 22.0 Å². The zero-order chi connectivity index (χ0) is 39.0. The number of carbonyl (C=O) groups excluding carboxylic acids is 2. The van der Waals surface area contributed by atoms with E-state index in [0.29, 0.717) is 30.5 Å². The minimum absolute atomic E-state index is 0.103. The number of carbonyl (C=O) groups is 2. The van der Waals surface area contributed by atoms with Crippen LogP contribution in [-0.4, -0.2) is 45.9 Å². The number of ether oxygens (including phenoxy) is 3. The summed E-state index contributed by atoms with van der Waals surface area (Å²) in [6, 6.07) is 19.9. The molecule has 288 valence electrons. The maximum atomic E-state index is 15.0. The Morgan fingerprint density at radius 1 is 0.891 bits per heavy atom. The van der Waals surface area contributed by atoms with Gasteiger partial charge in [-0.05, 0) is 133 Å². The van der Waals surface area contributed by atoms with Gasteiger partial charge in [-0.2, -0.15) is 9.49 Å². The lowest BCUT2D eigenvalue weighted by Crippen LogP contribution is -2.33. The number of hydrogen-bond donors (Lipinski definition) is 1. The van der Waals surface area contributed by atoms with E-state index in [9.17, 15) is 22.8 Å². The Morgan fingerprint density at radius 3 is 2.29 bits per heavy atom. The van der Waals surface area contributed by atoms with Gasteiger partial charge in [-0.25, -0.2) is 13.6 Å². The van der Waals surface area contributed by atoms with Crippen molar-refractivity contribution < 1.29 is 37.0 Å². The third-order valence-corrected chi connectivity index (χ3v) is 11.0. The Kier molecular flexibility index (Phi) is 10.8.